The highest BCUT2D eigenvalue weighted by Gasteiger charge is 2.30. The van der Waals surface area contributed by atoms with Gasteiger partial charge >= 0.3 is 12.1 Å². The van der Waals surface area contributed by atoms with Gasteiger partial charge in [-0.2, -0.15) is 13.2 Å². The number of carboxylic acid groups (broad SMARTS) is 1. The van der Waals surface area contributed by atoms with Gasteiger partial charge in [0.25, 0.3) is 0 Å². The van der Waals surface area contributed by atoms with E-state index >= 15 is 0 Å². The molecule has 1 N–H and O–H groups in total. The number of hydrogen-bond donors (Lipinski definition) is 1. The topological polar surface area (TPSA) is 72.3 Å². The normalized spacial score (nSPS) is 11.8. The zero-order valence-corrected chi connectivity index (χ0v) is 18.6. The molecule has 0 saturated heterocycles. The van der Waals surface area contributed by atoms with Crippen molar-refractivity contribution in [3.05, 3.63) is 63.1 Å². The Bertz CT molecular complexity index is 1290. The van der Waals surface area contributed by atoms with E-state index in [4.69, 9.17) is 9.84 Å². The van der Waals surface area contributed by atoms with Crippen molar-refractivity contribution < 1.29 is 27.8 Å². The van der Waals surface area contributed by atoms with Crippen molar-refractivity contribution in [2.45, 2.75) is 33.1 Å². The van der Waals surface area contributed by atoms with Gasteiger partial charge in [0.2, 0.25) is 0 Å². The number of carboxylic acids is 1. The number of carbonyl (C=O) groups is 1. The van der Waals surface area contributed by atoms with Crippen molar-refractivity contribution in [2.75, 3.05) is 0 Å². The second kappa shape index (κ2) is 8.51. The first kappa shape index (κ1) is 22.2. The minimum atomic E-state index is -4.38. The number of aliphatic carboxylic acids is 1. The number of alkyl halides is 3. The lowest BCUT2D eigenvalue weighted by atomic mass is 10.1. The molecule has 0 aliphatic carbocycles. The summed E-state index contributed by atoms with van der Waals surface area (Å²) in [5, 5.41) is 10.2. The maximum Gasteiger partial charge on any atom is 0.416 e. The smallest absolute Gasteiger partial charge is 0.416 e. The van der Waals surface area contributed by atoms with Crippen molar-refractivity contribution in [1.29, 1.82) is 0 Å². The van der Waals surface area contributed by atoms with Crippen LogP contribution >= 0.6 is 22.7 Å². The van der Waals surface area contributed by atoms with Crippen LogP contribution in [0.1, 0.15) is 26.7 Å². The quantitative estimate of drug-likeness (QED) is 0.354. The van der Waals surface area contributed by atoms with Gasteiger partial charge < -0.3 is 9.84 Å². The average Bonchev–Trinajstić information content (AvgIpc) is 3.31. The molecule has 2 aromatic heterocycles. The SMILES string of the molecule is Cc1nc(-c2ccc(C(F)(F)F)cc2)sc1COc1ccc(C)c2nc(CC(=O)O)sc12. The van der Waals surface area contributed by atoms with E-state index in [1.807, 2.05) is 26.0 Å². The Morgan fingerprint density at radius 3 is 2.44 bits per heavy atom. The van der Waals surface area contributed by atoms with Gasteiger partial charge in [-0.25, -0.2) is 9.97 Å². The third-order valence-electron chi connectivity index (χ3n) is 4.77. The zero-order valence-electron chi connectivity index (χ0n) is 17.0. The summed E-state index contributed by atoms with van der Waals surface area (Å²) in [6.45, 7) is 3.96. The van der Waals surface area contributed by atoms with Crippen LogP contribution in [-0.4, -0.2) is 21.0 Å². The van der Waals surface area contributed by atoms with Crippen molar-refractivity contribution in [2.24, 2.45) is 0 Å². The van der Waals surface area contributed by atoms with Gasteiger partial charge in [-0.1, -0.05) is 18.2 Å². The highest BCUT2D eigenvalue weighted by molar-refractivity contribution is 7.19. The molecule has 0 aliphatic heterocycles. The second-order valence-electron chi connectivity index (χ2n) is 7.13. The number of benzene rings is 2. The number of rotatable bonds is 6. The van der Waals surface area contributed by atoms with Crippen molar-refractivity contribution in [1.82, 2.24) is 9.97 Å². The predicted molar refractivity (Wildman–Crippen MR) is 117 cm³/mol. The fourth-order valence-electron chi connectivity index (χ4n) is 3.10. The molecule has 0 bridgehead atoms. The molecule has 0 saturated carbocycles. The molecule has 0 unspecified atom stereocenters. The van der Waals surface area contributed by atoms with E-state index in [9.17, 15) is 18.0 Å². The Balaban J connectivity index is 1.55. The summed E-state index contributed by atoms with van der Waals surface area (Å²) in [5.74, 6) is -0.344. The molecule has 0 radical (unpaired) electrons. The molecule has 166 valence electrons. The van der Waals surface area contributed by atoms with Crippen LogP contribution in [0, 0.1) is 13.8 Å². The van der Waals surface area contributed by atoms with Crippen LogP contribution in [-0.2, 0) is 24.0 Å². The number of thiazole rings is 2. The van der Waals surface area contributed by atoms with E-state index in [1.165, 1.54) is 34.8 Å². The third kappa shape index (κ3) is 4.61. The zero-order chi connectivity index (χ0) is 23.0. The molecule has 4 aromatic rings. The summed E-state index contributed by atoms with van der Waals surface area (Å²) in [4.78, 5) is 20.8. The number of halogens is 3. The second-order valence-corrected chi connectivity index (χ2v) is 9.30. The minimum Gasteiger partial charge on any atom is -0.486 e. The summed E-state index contributed by atoms with van der Waals surface area (Å²) in [6, 6.07) is 8.61. The Morgan fingerprint density at radius 1 is 1.06 bits per heavy atom. The summed E-state index contributed by atoms with van der Waals surface area (Å²) in [7, 11) is 0. The first-order chi connectivity index (χ1) is 15.1. The fraction of sp³-hybridized carbons (Fsp3) is 0.227. The number of aromatic nitrogens is 2. The van der Waals surface area contributed by atoms with E-state index < -0.39 is 17.7 Å². The molecule has 4 rings (SSSR count). The van der Waals surface area contributed by atoms with E-state index in [1.54, 1.807) is 0 Å². The van der Waals surface area contributed by atoms with E-state index in [-0.39, 0.29) is 13.0 Å². The van der Waals surface area contributed by atoms with Gasteiger partial charge in [-0.15, -0.1) is 22.7 Å². The first-order valence-corrected chi connectivity index (χ1v) is 11.1. The van der Waals surface area contributed by atoms with Crippen molar-refractivity contribution in [3.8, 4) is 16.3 Å². The summed E-state index contributed by atoms with van der Waals surface area (Å²) in [6.07, 6.45) is -4.53. The number of fused-ring (bicyclic) bond motifs is 1. The van der Waals surface area contributed by atoms with Gasteiger partial charge in [0.1, 0.15) is 22.4 Å². The molecule has 32 heavy (non-hydrogen) atoms. The lowest BCUT2D eigenvalue weighted by Crippen LogP contribution is -2.03. The molecule has 5 nitrogen and oxygen atoms in total. The standard InChI is InChI=1S/C22H17F3N2O3S2/c1-11-3-8-15(20-19(11)27-17(32-20)9-18(28)29)30-10-16-12(2)26-21(31-16)13-4-6-14(7-5-13)22(23,24)25/h3-8H,9-10H2,1-2H3,(H,28,29). The molecule has 0 atom stereocenters. The fourth-order valence-corrected chi connectivity index (χ4v) is 5.18. The lowest BCUT2D eigenvalue weighted by molar-refractivity contribution is -0.138. The van der Waals surface area contributed by atoms with Crippen molar-refractivity contribution >= 4 is 38.9 Å². The van der Waals surface area contributed by atoms with Crippen LogP contribution in [0.3, 0.4) is 0 Å². The molecular weight excluding hydrogens is 461 g/mol. The van der Waals surface area contributed by atoms with Crippen LogP contribution in [0.4, 0.5) is 13.2 Å². The Morgan fingerprint density at radius 2 is 1.78 bits per heavy atom. The van der Waals surface area contributed by atoms with Gasteiger partial charge in [0, 0.05) is 5.56 Å². The summed E-state index contributed by atoms with van der Waals surface area (Å²) in [5.41, 5.74) is 2.29. The highest BCUT2D eigenvalue weighted by atomic mass is 32.1. The number of aryl methyl sites for hydroxylation is 2. The van der Waals surface area contributed by atoms with Crippen LogP contribution in [0.5, 0.6) is 5.75 Å². The van der Waals surface area contributed by atoms with Crippen LogP contribution < -0.4 is 4.74 Å². The van der Waals surface area contributed by atoms with Gasteiger partial charge in [0.05, 0.1) is 32.8 Å². The van der Waals surface area contributed by atoms with Gasteiger partial charge in [-0.05, 0) is 37.6 Å². The molecule has 10 heteroatoms. The maximum atomic E-state index is 12.8. The number of nitrogens with zero attached hydrogens (tertiary/aromatic N) is 2. The number of hydrogen-bond acceptors (Lipinski definition) is 6. The van der Waals surface area contributed by atoms with E-state index in [0.717, 1.165) is 38.5 Å². The highest BCUT2D eigenvalue weighted by Crippen LogP contribution is 2.36. The van der Waals surface area contributed by atoms with Gasteiger partial charge in [0.15, 0.2) is 0 Å². The maximum absolute atomic E-state index is 12.8. The Hall–Kier alpha value is -2.98. The molecule has 0 amide bonds. The number of ether oxygens (including phenoxy) is 1. The monoisotopic (exact) mass is 478 g/mol. The van der Waals surface area contributed by atoms with Crippen molar-refractivity contribution in [3.63, 3.8) is 0 Å². The lowest BCUT2D eigenvalue weighted by Gasteiger charge is -2.07. The molecule has 2 heterocycles. The largest absolute Gasteiger partial charge is 0.486 e. The van der Waals surface area contributed by atoms with Crippen LogP contribution in [0.25, 0.3) is 20.8 Å². The molecule has 2 aromatic carbocycles. The molecular formula is C22H17F3N2O3S2. The first-order valence-electron chi connectivity index (χ1n) is 9.49. The Labute approximate surface area is 189 Å². The molecule has 0 aliphatic rings. The third-order valence-corrected chi connectivity index (χ3v) is 7.02. The summed E-state index contributed by atoms with van der Waals surface area (Å²) < 4.78 is 45.2. The predicted octanol–water partition coefficient (Wildman–Crippen LogP) is 6.26. The minimum absolute atomic E-state index is 0.150. The summed E-state index contributed by atoms with van der Waals surface area (Å²) >= 11 is 2.65. The van der Waals surface area contributed by atoms with Gasteiger partial charge in [-0.3, -0.25) is 4.79 Å². The average molecular weight is 479 g/mol. The van der Waals surface area contributed by atoms with E-state index in [0.29, 0.717) is 21.3 Å². The van der Waals surface area contributed by atoms with E-state index in [2.05, 4.69) is 9.97 Å². The molecule has 0 fully saturated rings. The van der Waals surface area contributed by atoms with Crippen LogP contribution in [0.15, 0.2) is 36.4 Å². The Kier molecular flexibility index (Phi) is 5.91. The molecule has 0 spiro atoms. The van der Waals surface area contributed by atoms with Crippen LogP contribution in [0.2, 0.25) is 0 Å².